The summed E-state index contributed by atoms with van der Waals surface area (Å²) in [5, 5.41) is 12.8. The normalized spacial score (nSPS) is 18.0. The number of aliphatic hydroxyl groups is 1. The number of aromatic nitrogens is 1. The van der Waals surface area contributed by atoms with Crippen LogP contribution in [0.4, 0.5) is 5.69 Å². The van der Waals surface area contributed by atoms with Crippen LogP contribution in [0, 0.1) is 5.92 Å². The molecule has 2 atom stereocenters. The van der Waals surface area contributed by atoms with Crippen molar-refractivity contribution >= 4 is 29.3 Å². The van der Waals surface area contributed by atoms with Crippen molar-refractivity contribution in [2.24, 2.45) is 5.92 Å². The molecule has 1 aliphatic heterocycles. The second-order valence-electron chi connectivity index (χ2n) is 6.15. The van der Waals surface area contributed by atoms with Crippen LogP contribution < -0.4 is 10.2 Å². The third-order valence-corrected chi connectivity index (χ3v) is 5.16. The number of aliphatic hydroxyl groups excluding tert-OH is 1. The molecule has 2 N–H and O–H groups in total. The summed E-state index contributed by atoms with van der Waals surface area (Å²) in [5.74, 6) is -0.691. The summed E-state index contributed by atoms with van der Waals surface area (Å²) in [6.45, 7) is 0.448. The smallest absolute Gasteiger partial charge is 0.227 e. The molecule has 2 amide bonds. The number of carbonyl (C=O) groups excluding carboxylic acids is 2. The molecule has 2 aromatic rings. The van der Waals surface area contributed by atoms with Crippen molar-refractivity contribution in [3.8, 4) is 0 Å². The van der Waals surface area contributed by atoms with Crippen LogP contribution in [0.3, 0.4) is 0 Å². The zero-order valence-electron chi connectivity index (χ0n) is 14.5. The molecule has 0 radical (unpaired) electrons. The molecule has 6 nitrogen and oxygen atoms in total. The van der Waals surface area contributed by atoms with E-state index in [1.165, 1.54) is 0 Å². The Morgan fingerprint density at radius 2 is 2.15 bits per heavy atom. The Kier molecular flexibility index (Phi) is 5.90. The minimum absolute atomic E-state index is 0.0603. The first-order valence-corrected chi connectivity index (χ1v) is 9.61. The first-order valence-electron chi connectivity index (χ1n) is 8.38. The predicted octanol–water partition coefficient (Wildman–Crippen LogP) is 2.01. The van der Waals surface area contributed by atoms with Gasteiger partial charge in [0.05, 0.1) is 12.0 Å². The molecule has 136 valence electrons. The summed E-state index contributed by atoms with van der Waals surface area (Å²) in [4.78, 5) is 31.4. The molecule has 26 heavy (non-hydrogen) atoms. The van der Waals surface area contributed by atoms with E-state index >= 15 is 0 Å². The number of carbonyl (C=O) groups is 2. The monoisotopic (exact) mass is 371 g/mol. The Morgan fingerprint density at radius 3 is 2.81 bits per heavy atom. The van der Waals surface area contributed by atoms with Crippen molar-refractivity contribution in [2.45, 2.75) is 17.4 Å². The van der Waals surface area contributed by atoms with Crippen LogP contribution in [0.5, 0.6) is 0 Å². The molecule has 3 rings (SSSR count). The van der Waals surface area contributed by atoms with Gasteiger partial charge in [0.15, 0.2) is 0 Å². The maximum Gasteiger partial charge on any atom is 0.227 e. The summed E-state index contributed by atoms with van der Waals surface area (Å²) < 4.78 is 0. The Morgan fingerprint density at radius 1 is 1.38 bits per heavy atom. The standard InChI is InChI=1S/C19H21N3O3S/c1-26-16-6-4-15(5-7-16)22-12-14(9-18(22)24)19(25)21-11-17(23)13-3-2-8-20-10-13/h2-8,10,14,17,23H,9,11-12H2,1H3,(H,21,25)/t14-,17-/m1/s1. The van der Waals surface area contributed by atoms with Gasteiger partial charge in [-0.1, -0.05) is 6.07 Å². The van der Waals surface area contributed by atoms with Crippen LogP contribution in [0.2, 0.25) is 0 Å². The van der Waals surface area contributed by atoms with E-state index in [0.717, 1.165) is 10.6 Å². The third kappa shape index (κ3) is 4.23. The minimum Gasteiger partial charge on any atom is -0.387 e. The molecule has 1 aliphatic rings. The molecule has 0 aliphatic carbocycles. The summed E-state index contributed by atoms with van der Waals surface area (Å²) in [7, 11) is 0. The molecule has 2 heterocycles. The van der Waals surface area contributed by atoms with Crippen molar-refractivity contribution in [1.82, 2.24) is 10.3 Å². The first kappa shape index (κ1) is 18.4. The average molecular weight is 371 g/mol. The van der Waals surface area contributed by atoms with Gasteiger partial charge in [0.2, 0.25) is 11.8 Å². The molecule has 0 unspecified atom stereocenters. The van der Waals surface area contributed by atoms with Crippen molar-refractivity contribution in [3.63, 3.8) is 0 Å². The molecule has 0 bridgehead atoms. The van der Waals surface area contributed by atoms with Crippen molar-refractivity contribution in [2.75, 3.05) is 24.2 Å². The Bertz CT molecular complexity index is 767. The van der Waals surface area contributed by atoms with Crippen LogP contribution in [-0.2, 0) is 9.59 Å². The molecule has 0 saturated carbocycles. The fourth-order valence-corrected chi connectivity index (χ4v) is 3.34. The first-order chi connectivity index (χ1) is 12.6. The number of hydrogen-bond acceptors (Lipinski definition) is 5. The number of rotatable bonds is 6. The molecule has 1 aromatic heterocycles. The van der Waals surface area contributed by atoms with E-state index in [1.807, 2.05) is 30.5 Å². The largest absolute Gasteiger partial charge is 0.387 e. The van der Waals surface area contributed by atoms with Gasteiger partial charge in [-0.05, 0) is 36.6 Å². The highest BCUT2D eigenvalue weighted by Crippen LogP contribution is 2.27. The van der Waals surface area contributed by atoms with Gasteiger partial charge in [-0.25, -0.2) is 0 Å². The second kappa shape index (κ2) is 8.33. The fourth-order valence-electron chi connectivity index (χ4n) is 2.93. The number of nitrogens with one attached hydrogen (secondary N) is 1. The van der Waals surface area contributed by atoms with Gasteiger partial charge >= 0.3 is 0 Å². The Balaban J connectivity index is 1.56. The molecular weight excluding hydrogens is 350 g/mol. The summed E-state index contributed by atoms with van der Waals surface area (Å²) in [5.41, 5.74) is 1.45. The van der Waals surface area contributed by atoms with Gasteiger partial charge in [-0.2, -0.15) is 0 Å². The highest BCUT2D eigenvalue weighted by Gasteiger charge is 2.35. The van der Waals surface area contributed by atoms with E-state index in [0.29, 0.717) is 12.1 Å². The van der Waals surface area contributed by atoms with Crippen molar-refractivity contribution in [3.05, 3.63) is 54.4 Å². The zero-order valence-corrected chi connectivity index (χ0v) is 15.3. The lowest BCUT2D eigenvalue weighted by atomic mass is 10.1. The Hall–Kier alpha value is -2.38. The molecule has 1 saturated heterocycles. The second-order valence-corrected chi connectivity index (χ2v) is 7.03. The number of nitrogens with zero attached hydrogens (tertiary/aromatic N) is 2. The van der Waals surface area contributed by atoms with Crippen LogP contribution in [0.1, 0.15) is 18.1 Å². The lowest BCUT2D eigenvalue weighted by Crippen LogP contribution is -2.35. The van der Waals surface area contributed by atoms with E-state index in [-0.39, 0.29) is 24.8 Å². The maximum atomic E-state index is 12.4. The zero-order chi connectivity index (χ0) is 18.5. The average Bonchev–Trinajstić information content (AvgIpc) is 3.08. The highest BCUT2D eigenvalue weighted by molar-refractivity contribution is 7.98. The summed E-state index contributed by atoms with van der Waals surface area (Å²) in [6, 6.07) is 11.2. The fraction of sp³-hybridized carbons (Fsp3) is 0.316. The molecule has 1 aromatic carbocycles. The van der Waals surface area contributed by atoms with Crippen LogP contribution >= 0.6 is 11.8 Å². The van der Waals surface area contributed by atoms with Gasteiger partial charge in [-0.3, -0.25) is 14.6 Å². The summed E-state index contributed by atoms with van der Waals surface area (Å²) >= 11 is 1.64. The molecule has 1 fully saturated rings. The third-order valence-electron chi connectivity index (χ3n) is 4.42. The quantitative estimate of drug-likeness (QED) is 0.759. The molecular formula is C19H21N3O3S. The number of thioether (sulfide) groups is 1. The van der Waals surface area contributed by atoms with E-state index in [9.17, 15) is 14.7 Å². The number of hydrogen-bond donors (Lipinski definition) is 2. The Labute approximate surface area is 156 Å². The van der Waals surface area contributed by atoms with Gasteiger partial charge in [0, 0.05) is 48.1 Å². The predicted molar refractivity (Wildman–Crippen MR) is 101 cm³/mol. The topological polar surface area (TPSA) is 82.5 Å². The number of anilines is 1. The van der Waals surface area contributed by atoms with Crippen LogP contribution in [-0.4, -0.2) is 41.3 Å². The maximum absolute atomic E-state index is 12.4. The van der Waals surface area contributed by atoms with Gasteiger partial charge < -0.3 is 15.3 Å². The van der Waals surface area contributed by atoms with E-state index < -0.39 is 12.0 Å². The summed E-state index contributed by atoms with van der Waals surface area (Å²) in [6.07, 6.45) is 4.55. The van der Waals surface area contributed by atoms with Crippen LogP contribution in [0.15, 0.2) is 53.7 Å². The lowest BCUT2D eigenvalue weighted by molar-refractivity contribution is -0.126. The van der Waals surface area contributed by atoms with Gasteiger partial charge in [0.1, 0.15) is 0 Å². The number of benzene rings is 1. The van der Waals surface area contributed by atoms with E-state index in [1.54, 1.807) is 41.2 Å². The van der Waals surface area contributed by atoms with Crippen molar-refractivity contribution in [1.29, 1.82) is 0 Å². The molecule has 7 heteroatoms. The SMILES string of the molecule is CSc1ccc(N2C[C@H](C(=O)NC[C@@H](O)c3cccnc3)CC2=O)cc1. The van der Waals surface area contributed by atoms with E-state index in [4.69, 9.17) is 0 Å². The number of amides is 2. The van der Waals surface area contributed by atoms with Crippen LogP contribution in [0.25, 0.3) is 0 Å². The lowest BCUT2D eigenvalue weighted by Gasteiger charge is -2.17. The highest BCUT2D eigenvalue weighted by atomic mass is 32.2. The van der Waals surface area contributed by atoms with Gasteiger partial charge in [0.25, 0.3) is 0 Å². The number of pyridine rings is 1. The van der Waals surface area contributed by atoms with Crippen molar-refractivity contribution < 1.29 is 14.7 Å². The molecule has 0 spiro atoms. The minimum atomic E-state index is -0.819. The van der Waals surface area contributed by atoms with E-state index in [2.05, 4.69) is 10.3 Å². The van der Waals surface area contributed by atoms with Gasteiger partial charge in [-0.15, -0.1) is 11.8 Å².